The van der Waals surface area contributed by atoms with Crippen LogP contribution >= 0.6 is 11.6 Å². The number of aromatic nitrogens is 3. The molecule has 2 fully saturated rings. The topological polar surface area (TPSA) is 134 Å². The van der Waals surface area contributed by atoms with Crippen molar-refractivity contribution in [1.82, 2.24) is 24.9 Å². The maximum atomic E-state index is 16.9. The molecule has 2 amide bonds. The lowest BCUT2D eigenvalue weighted by Crippen LogP contribution is -2.58. The van der Waals surface area contributed by atoms with Gasteiger partial charge in [0.2, 0.25) is 17.8 Å². The molecule has 0 bridgehead atoms. The quantitative estimate of drug-likeness (QED) is 0.265. The lowest BCUT2D eigenvalue weighted by Gasteiger charge is -2.44. The number of piperazine rings is 1. The Kier molecular flexibility index (Phi) is 8.25. The molecule has 3 N–H and O–H groups in total. The highest BCUT2D eigenvalue weighted by atomic mass is 35.5. The number of hydrogen-bond donors (Lipinski definition) is 2. The predicted molar refractivity (Wildman–Crippen MR) is 174 cm³/mol. The molecule has 0 unspecified atom stereocenters. The van der Waals surface area contributed by atoms with Crippen LogP contribution in [0.5, 0.6) is 0 Å². The van der Waals surface area contributed by atoms with Gasteiger partial charge in [0, 0.05) is 67.7 Å². The van der Waals surface area contributed by atoms with Crippen molar-refractivity contribution >= 4 is 62.9 Å². The van der Waals surface area contributed by atoms with Gasteiger partial charge in [-0.3, -0.25) is 9.59 Å². The van der Waals surface area contributed by atoms with Crippen molar-refractivity contribution in [3.05, 3.63) is 47.3 Å². The summed E-state index contributed by atoms with van der Waals surface area (Å²) in [6.07, 6.45) is 3.59. The number of benzene rings is 2. The Hall–Kier alpha value is -4.45. The number of nitrogens with zero attached hydrogens (tertiary/aromatic N) is 6. The van der Waals surface area contributed by atoms with Gasteiger partial charge < -0.3 is 30.3 Å². The van der Waals surface area contributed by atoms with E-state index in [0.29, 0.717) is 40.8 Å². The van der Waals surface area contributed by atoms with E-state index in [-0.39, 0.29) is 64.7 Å². The van der Waals surface area contributed by atoms with Crippen LogP contribution in [0.2, 0.25) is 5.02 Å². The maximum absolute atomic E-state index is 16.9. The van der Waals surface area contributed by atoms with Crippen molar-refractivity contribution in [1.29, 1.82) is 0 Å². The summed E-state index contributed by atoms with van der Waals surface area (Å²) in [6.45, 7) is 12.1. The van der Waals surface area contributed by atoms with E-state index < -0.39 is 5.82 Å². The highest BCUT2D eigenvalue weighted by Gasteiger charge is 2.34. The zero-order valence-electron chi connectivity index (χ0n) is 25.6. The van der Waals surface area contributed by atoms with Crippen LogP contribution in [-0.4, -0.2) is 81.5 Å². The summed E-state index contributed by atoms with van der Waals surface area (Å²) >= 11 is 6.89. The van der Waals surface area contributed by atoms with Gasteiger partial charge in [-0.15, -0.1) is 0 Å². The first-order chi connectivity index (χ1) is 21.6. The van der Waals surface area contributed by atoms with Crippen LogP contribution in [0, 0.1) is 12.7 Å². The van der Waals surface area contributed by atoms with Crippen LogP contribution in [0.1, 0.15) is 38.7 Å². The summed E-state index contributed by atoms with van der Waals surface area (Å²) in [4.78, 5) is 40.3. The molecule has 45 heavy (non-hydrogen) atoms. The largest absolute Gasteiger partial charge is 0.380 e. The average molecular weight is 635 g/mol. The molecule has 11 nitrogen and oxygen atoms in total. The molecule has 2 aromatic heterocycles. The first-order valence-electron chi connectivity index (χ1n) is 15.1. The summed E-state index contributed by atoms with van der Waals surface area (Å²) in [5, 5.41) is 8.08. The maximum Gasteiger partial charge on any atom is 0.246 e. The second kappa shape index (κ2) is 12.2. The van der Waals surface area contributed by atoms with E-state index in [1.807, 2.05) is 30.6 Å². The number of carbonyl (C=O) groups excluding carboxylic acids is 2. The van der Waals surface area contributed by atoms with Gasteiger partial charge in [-0.05, 0) is 57.4 Å². The molecule has 2 aliphatic rings. The number of halogens is 2. The Morgan fingerprint density at radius 3 is 2.67 bits per heavy atom. The molecule has 2 aromatic carbocycles. The highest BCUT2D eigenvalue weighted by molar-refractivity contribution is 6.35. The van der Waals surface area contributed by atoms with E-state index in [9.17, 15) is 9.59 Å². The summed E-state index contributed by atoms with van der Waals surface area (Å²) in [6, 6.07) is 4.87. The van der Waals surface area contributed by atoms with Gasteiger partial charge in [-0.25, -0.2) is 9.37 Å². The summed E-state index contributed by atoms with van der Waals surface area (Å²) in [5.74, 6) is 0.0505. The van der Waals surface area contributed by atoms with Crippen molar-refractivity contribution in [3.63, 3.8) is 0 Å². The fourth-order valence-electron chi connectivity index (χ4n) is 6.44. The molecule has 236 valence electrons. The Labute approximate surface area is 265 Å². The molecule has 6 rings (SSSR count). The number of amides is 2. The molecule has 2 aliphatic heterocycles. The van der Waals surface area contributed by atoms with E-state index in [0.717, 1.165) is 31.5 Å². The molecule has 13 heteroatoms. The van der Waals surface area contributed by atoms with Gasteiger partial charge in [0.15, 0.2) is 17.2 Å². The number of anilines is 3. The van der Waals surface area contributed by atoms with Crippen LogP contribution in [0.25, 0.3) is 33.0 Å². The fraction of sp³-hybridized carbons (Fsp3) is 0.406. The van der Waals surface area contributed by atoms with Gasteiger partial charge in [-0.1, -0.05) is 29.4 Å². The normalized spacial score (nSPS) is 18.6. The number of likely N-dealkylation sites (tertiary alicyclic amines) is 1. The molecular formula is C32H36ClFN8O3. The molecule has 0 aliphatic carbocycles. The SMILES string of the molecule is C=CC(=O)N1C[C@H](C)N(c2nc(NCCC(=O)N3CCCC3)nc3c(F)c(-c4c(C)ccc5onc(N)c45)c(Cl)cc23)C[C@H]1C. The number of carbonyl (C=O) groups is 2. The highest BCUT2D eigenvalue weighted by Crippen LogP contribution is 2.44. The van der Waals surface area contributed by atoms with Crippen molar-refractivity contribution in [2.24, 2.45) is 0 Å². The standard InChI is InChI=1S/C32H36ClFN8O3/c1-5-23(43)41-15-19(4)42(16-18(41)3)31-20-14-21(33)26(25-17(2)8-9-22-27(25)30(35)39-45-22)28(34)29(20)37-32(38-31)36-11-10-24(44)40-12-6-7-13-40/h5,8-9,14,18-19H,1,6-7,10-13,15-16H2,2-4H3,(H2,35,39)(H,36,37,38)/t18-,19+/m1/s1. The van der Waals surface area contributed by atoms with Crippen molar-refractivity contribution < 1.29 is 18.5 Å². The number of hydrogen-bond acceptors (Lipinski definition) is 9. The molecule has 4 heterocycles. The summed E-state index contributed by atoms with van der Waals surface area (Å²) in [5.41, 5.74) is 7.96. The summed E-state index contributed by atoms with van der Waals surface area (Å²) in [7, 11) is 0. The monoisotopic (exact) mass is 634 g/mol. The van der Waals surface area contributed by atoms with Gasteiger partial charge in [0.05, 0.1) is 10.4 Å². The van der Waals surface area contributed by atoms with E-state index in [2.05, 4.69) is 22.0 Å². The number of nitrogens with two attached hydrogens (primary N) is 1. The van der Waals surface area contributed by atoms with Gasteiger partial charge >= 0.3 is 0 Å². The van der Waals surface area contributed by atoms with E-state index in [4.69, 9.17) is 26.8 Å². The minimum absolute atomic E-state index is 0.0570. The molecule has 0 radical (unpaired) electrons. The minimum Gasteiger partial charge on any atom is -0.380 e. The zero-order valence-corrected chi connectivity index (χ0v) is 26.3. The molecule has 2 atom stereocenters. The minimum atomic E-state index is -0.644. The predicted octanol–water partition coefficient (Wildman–Crippen LogP) is 5.16. The molecule has 2 saturated heterocycles. The van der Waals surface area contributed by atoms with Gasteiger partial charge in [-0.2, -0.15) is 4.98 Å². The number of rotatable bonds is 7. The third kappa shape index (κ3) is 5.52. The third-order valence-corrected chi connectivity index (χ3v) is 9.08. The van der Waals surface area contributed by atoms with E-state index in [1.165, 1.54) is 6.08 Å². The van der Waals surface area contributed by atoms with Gasteiger partial charge in [0.1, 0.15) is 11.3 Å². The van der Waals surface area contributed by atoms with Crippen LogP contribution in [0.15, 0.2) is 35.4 Å². The molecule has 0 saturated carbocycles. The van der Waals surface area contributed by atoms with E-state index in [1.54, 1.807) is 23.1 Å². The van der Waals surface area contributed by atoms with E-state index >= 15 is 4.39 Å². The Morgan fingerprint density at radius 1 is 1.18 bits per heavy atom. The lowest BCUT2D eigenvalue weighted by atomic mass is 9.94. The van der Waals surface area contributed by atoms with Crippen molar-refractivity contribution in [2.45, 2.75) is 52.1 Å². The summed E-state index contributed by atoms with van der Waals surface area (Å²) < 4.78 is 22.3. The molecular weight excluding hydrogens is 599 g/mol. The van der Waals surface area contributed by atoms with Crippen LogP contribution < -0.4 is 16.0 Å². The second-order valence-corrected chi connectivity index (χ2v) is 12.2. The third-order valence-electron chi connectivity index (χ3n) is 8.78. The van der Waals surface area contributed by atoms with Crippen LogP contribution in [0.3, 0.4) is 0 Å². The molecule has 0 spiro atoms. The Morgan fingerprint density at radius 2 is 1.93 bits per heavy atom. The zero-order chi connectivity index (χ0) is 32.0. The Bertz CT molecular complexity index is 1820. The van der Waals surface area contributed by atoms with Gasteiger partial charge in [0.25, 0.3) is 0 Å². The van der Waals surface area contributed by atoms with Crippen LogP contribution in [0.4, 0.5) is 22.0 Å². The fourth-order valence-corrected chi connectivity index (χ4v) is 6.73. The smallest absolute Gasteiger partial charge is 0.246 e. The number of aryl methyl sites for hydroxylation is 1. The molecule has 4 aromatic rings. The average Bonchev–Trinajstić information content (AvgIpc) is 3.69. The number of nitrogen functional groups attached to an aromatic ring is 1. The van der Waals surface area contributed by atoms with Crippen molar-refractivity contribution in [3.8, 4) is 11.1 Å². The lowest BCUT2D eigenvalue weighted by molar-refractivity contribution is -0.130. The number of fused-ring (bicyclic) bond motifs is 2. The van der Waals surface area contributed by atoms with Crippen LogP contribution in [-0.2, 0) is 9.59 Å². The second-order valence-electron chi connectivity index (χ2n) is 11.8. The Balaban J connectivity index is 1.46. The van der Waals surface area contributed by atoms with Crippen molar-refractivity contribution in [2.75, 3.05) is 48.7 Å². The first-order valence-corrected chi connectivity index (χ1v) is 15.5. The first kappa shape index (κ1) is 30.6. The number of nitrogens with one attached hydrogen (secondary N) is 1.